The third-order valence-electron chi connectivity index (χ3n) is 3.85. The number of benzene rings is 1. The van der Waals surface area contributed by atoms with E-state index in [0.717, 1.165) is 19.4 Å². The summed E-state index contributed by atoms with van der Waals surface area (Å²) in [5.74, 6) is 0. The number of nitrogens with one attached hydrogen (secondary N) is 1. The van der Waals surface area contributed by atoms with Crippen LogP contribution in [0.25, 0.3) is 0 Å². The second kappa shape index (κ2) is 7.24. The van der Waals surface area contributed by atoms with Crippen molar-refractivity contribution in [2.75, 3.05) is 6.54 Å². The van der Waals surface area contributed by atoms with Crippen LogP contribution in [0, 0.1) is 0 Å². The Morgan fingerprint density at radius 3 is 2.48 bits per heavy atom. The molecule has 0 spiro atoms. The second-order valence-electron chi connectivity index (χ2n) is 6.57. The van der Waals surface area contributed by atoms with Gasteiger partial charge in [-0.2, -0.15) is 0 Å². The fraction of sp³-hybridized carbons (Fsp3) is 0.474. The highest BCUT2D eigenvalue weighted by Gasteiger charge is 2.22. The predicted molar refractivity (Wildman–Crippen MR) is 94.2 cm³/mol. The third-order valence-corrected chi connectivity index (χ3v) is 4.79. The van der Waals surface area contributed by atoms with Gasteiger partial charge in [0.05, 0.1) is 0 Å². The van der Waals surface area contributed by atoms with Crippen LogP contribution >= 0.6 is 11.3 Å². The molecule has 1 heterocycles. The molecular weight excluding hydrogens is 274 g/mol. The first kappa shape index (κ1) is 16.3. The van der Waals surface area contributed by atoms with Gasteiger partial charge in [-0.05, 0) is 47.4 Å². The SMILES string of the molecule is CCNC(CCc1cccs1)c1ccccc1C(C)(C)C. The number of thiophene rings is 1. The first-order valence-electron chi connectivity index (χ1n) is 7.87. The average molecular weight is 301 g/mol. The van der Waals surface area contributed by atoms with Crippen LogP contribution in [0.5, 0.6) is 0 Å². The first-order chi connectivity index (χ1) is 10.0. The monoisotopic (exact) mass is 301 g/mol. The van der Waals surface area contributed by atoms with Gasteiger partial charge in [-0.3, -0.25) is 0 Å². The largest absolute Gasteiger partial charge is 0.310 e. The highest BCUT2D eigenvalue weighted by molar-refractivity contribution is 7.09. The molecule has 1 aromatic heterocycles. The molecule has 114 valence electrons. The van der Waals surface area contributed by atoms with E-state index in [9.17, 15) is 0 Å². The van der Waals surface area contributed by atoms with E-state index in [1.54, 1.807) is 0 Å². The van der Waals surface area contributed by atoms with Crippen LogP contribution in [0.4, 0.5) is 0 Å². The van der Waals surface area contributed by atoms with Crippen molar-refractivity contribution in [1.82, 2.24) is 5.32 Å². The minimum Gasteiger partial charge on any atom is -0.310 e. The van der Waals surface area contributed by atoms with E-state index in [1.807, 2.05) is 11.3 Å². The van der Waals surface area contributed by atoms with Crippen molar-refractivity contribution in [3.63, 3.8) is 0 Å². The summed E-state index contributed by atoms with van der Waals surface area (Å²) >= 11 is 1.86. The fourth-order valence-electron chi connectivity index (χ4n) is 2.84. The normalized spacial score (nSPS) is 13.3. The van der Waals surface area contributed by atoms with E-state index in [0.29, 0.717) is 6.04 Å². The van der Waals surface area contributed by atoms with E-state index < -0.39 is 0 Å². The predicted octanol–water partition coefficient (Wildman–Crippen LogP) is 5.33. The van der Waals surface area contributed by atoms with Crippen molar-refractivity contribution in [2.24, 2.45) is 0 Å². The third kappa shape index (κ3) is 4.42. The molecule has 0 aliphatic rings. The quantitative estimate of drug-likeness (QED) is 0.760. The van der Waals surface area contributed by atoms with Gasteiger partial charge in [0.1, 0.15) is 0 Å². The van der Waals surface area contributed by atoms with Gasteiger partial charge in [-0.15, -0.1) is 11.3 Å². The van der Waals surface area contributed by atoms with E-state index in [-0.39, 0.29) is 5.41 Å². The summed E-state index contributed by atoms with van der Waals surface area (Å²) in [6, 6.07) is 13.7. The molecule has 0 bridgehead atoms. The van der Waals surface area contributed by atoms with Gasteiger partial charge in [0.2, 0.25) is 0 Å². The molecular formula is C19H27NS. The lowest BCUT2D eigenvalue weighted by molar-refractivity contribution is 0.494. The number of hydrogen-bond donors (Lipinski definition) is 1. The van der Waals surface area contributed by atoms with Gasteiger partial charge in [-0.25, -0.2) is 0 Å². The summed E-state index contributed by atoms with van der Waals surface area (Å²) in [4.78, 5) is 1.48. The molecule has 1 N–H and O–H groups in total. The van der Waals surface area contributed by atoms with Crippen molar-refractivity contribution in [1.29, 1.82) is 0 Å². The fourth-order valence-corrected chi connectivity index (χ4v) is 3.56. The summed E-state index contributed by atoms with van der Waals surface area (Å²) in [7, 11) is 0. The zero-order valence-electron chi connectivity index (χ0n) is 13.6. The van der Waals surface area contributed by atoms with Gasteiger partial charge >= 0.3 is 0 Å². The smallest absolute Gasteiger partial charge is 0.0326 e. The molecule has 0 saturated carbocycles. The Labute approximate surface area is 133 Å². The lowest BCUT2D eigenvalue weighted by atomic mass is 9.81. The van der Waals surface area contributed by atoms with Gasteiger partial charge in [0, 0.05) is 10.9 Å². The molecule has 2 rings (SSSR count). The van der Waals surface area contributed by atoms with Crippen LogP contribution in [0.3, 0.4) is 0 Å². The average Bonchev–Trinajstić information content (AvgIpc) is 2.96. The maximum absolute atomic E-state index is 3.68. The lowest BCUT2D eigenvalue weighted by Gasteiger charge is -2.28. The molecule has 0 fully saturated rings. The Balaban J connectivity index is 2.21. The summed E-state index contributed by atoms with van der Waals surface area (Å²) in [5, 5.41) is 5.85. The summed E-state index contributed by atoms with van der Waals surface area (Å²) in [6.45, 7) is 10.1. The molecule has 0 saturated heterocycles. The molecule has 0 radical (unpaired) electrons. The molecule has 0 aliphatic carbocycles. The number of aryl methyl sites for hydroxylation is 1. The van der Waals surface area contributed by atoms with E-state index in [4.69, 9.17) is 0 Å². The summed E-state index contributed by atoms with van der Waals surface area (Å²) in [5.41, 5.74) is 3.11. The Kier molecular flexibility index (Phi) is 5.60. The van der Waals surface area contributed by atoms with Crippen molar-refractivity contribution in [2.45, 2.75) is 52.0 Å². The topological polar surface area (TPSA) is 12.0 Å². The van der Waals surface area contributed by atoms with Crippen LogP contribution in [-0.2, 0) is 11.8 Å². The molecule has 1 unspecified atom stereocenters. The van der Waals surface area contributed by atoms with Gasteiger partial charge < -0.3 is 5.32 Å². The number of hydrogen-bond acceptors (Lipinski definition) is 2. The van der Waals surface area contributed by atoms with Crippen LogP contribution < -0.4 is 5.32 Å². The zero-order valence-corrected chi connectivity index (χ0v) is 14.5. The Hall–Kier alpha value is -1.12. The second-order valence-corrected chi connectivity index (χ2v) is 7.60. The Morgan fingerprint density at radius 1 is 1.10 bits per heavy atom. The minimum atomic E-state index is 0.188. The molecule has 0 amide bonds. The number of rotatable bonds is 6. The zero-order chi connectivity index (χ0) is 15.3. The minimum absolute atomic E-state index is 0.188. The van der Waals surface area contributed by atoms with E-state index >= 15 is 0 Å². The lowest BCUT2D eigenvalue weighted by Crippen LogP contribution is -2.25. The summed E-state index contributed by atoms with van der Waals surface area (Å²) < 4.78 is 0. The molecule has 1 aromatic carbocycles. The maximum Gasteiger partial charge on any atom is 0.0326 e. The molecule has 21 heavy (non-hydrogen) atoms. The van der Waals surface area contributed by atoms with Crippen LogP contribution in [0.15, 0.2) is 41.8 Å². The molecule has 1 nitrogen and oxygen atoms in total. The molecule has 2 aromatic rings. The van der Waals surface area contributed by atoms with Crippen molar-refractivity contribution in [3.05, 3.63) is 57.8 Å². The van der Waals surface area contributed by atoms with Crippen LogP contribution in [0.1, 0.15) is 56.2 Å². The first-order valence-corrected chi connectivity index (χ1v) is 8.75. The highest BCUT2D eigenvalue weighted by atomic mass is 32.1. The van der Waals surface area contributed by atoms with Crippen molar-refractivity contribution < 1.29 is 0 Å². The van der Waals surface area contributed by atoms with Crippen LogP contribution in [0.2, 0.25) is 0 Å². The highest BCUT2D eigenvalue weighted by Crippen LogP contribution is 2.31. The summed E-state index contributed by atoms with van der Waals surface area (Å²) in [6.07, 6.45) is 2.30. The molecule has 1 atom stereocenters. The van der Waals surface area contributed by atoms with Crippen LogP contribution in [-0.4, -0.2) is 6.54 Å². The maximum atomic E-state index is 3.68. The molecule has 2 heteroatoms. The Bertz CT molecular complexity index is 537. The van der Waals surface area contributed by atoms with Crippen molar-refractivity contribution >= 4 is 11.3 Å². The molecule has 0 aliphatic heterocycles. The Morgan fingerprint density at radius 2 is 1.86 bits per heavy atom. The standard InChI is InChI=1S/C19H27NS/c1-5-20-18(13-12-15-9-8-14-21-15)16-10-6-7-11-17(16)19(2,3)4/h6-11,14,18,20H,5,12-13H2,1-4H3. The van der Waals surface area contributed by atoms with E-state index in [1.165, 1.54) is 16.0 Å². The van der Waals surface area contributed by atoms with Gasteiger partial charge in [0.15, 0.2) is 0 Å². The van der Waals surface area contributed by atoms with Crippen molar-refractivity contribution in [3.8, 4) is 0 Å². The van der Waals surface area contributed by atoms with E-state index in [2.05, 4.69) is 74.8 Å². The van der Waals surface area contributed by atoms with Gasteiger partial charge in [0.25, 0.3) is 0 Å². The van der Waals surface area contributed by atoms with Gasteiger partial charge in [-0.1, -0.05) is 58.0 Å².